The Bertz CT molecular complexity index is 469. The fourth-order valence-electron chi connectivity index (χ4n) is 2.05. The third-order valence-corrected chi connectivity index (χ3v) is 3.39. The van der Waals surface area contributed by atoms with E-state index >= 15 is 0 Å². The van der Waals surface area contributed by atoms with Gasteiger partial charge in [0.15, 0.2) is 0 Å². The van der Waals surface area contributed by atoms with Gasteiger partial charge in [-0.25, -0.2) is 4.39 Å². The lowest BCUT2D eigenvalue weighted by Crippen LogP contribution is -2.49. The molecule has 0 aliphatic carbocycles. The average Bonchev–Trinajstić information content (AvgIpc) is 2.43. The molecular weight excluding hydrogens is 273 g/mol. The molecule has 0 radical (unpaired) electrons. The van der Waals surface area contributed by atoms with Crippen LogP contribution in [-0.4, -0.2) is 43.8 Å². The summed E-state index contributed by atoms with van der Waals surface area (Å²) in [6, 6.07) is 4.19. The van der Waals surface area contributed by atoms with Crippen molar-refractivity contribution in [1.82, 2.24) is 4.90 Å². The third-order valence-electron chi connectivity index (χ3n) is 3.08. The minimum absolute atomic E-state index is 0.0928. The number of halogens is 2. The number of carbonyl (C=O) groups is 1. The molecule has 19 heavy (non-hydrogen) atoms. The van der Waals surface area contributed by atoms with Crippen LogP contribution in [0, 0.1) is 5.82 Å². The predicted octanol–water partition coefficient (Wildman–Crippen LogP) is 1.85. The van der Waals surface area contributed by atoms with Crippen LogP contribution in [-0.2, 0) is 20.8 Å². The van der Waals surface area contributed by atoms with Gasteiger partial charge in [-0.3, -0.25) is 9.69 Å². The molecule has 1 aliphatic heterocycles. The van der Waals surface area contributed by atoms with E-state index in [0.717, 1.165) is 5.56 Å². The molecule has 1 fully saturated rings. The summed E-state index contributed by atoms with van der Waals surface area (Å²) in [4.78, 5) is 13.6. The summed E-state index contributed by atoms with van der Waals surface area (Å²) in [6.45, 7) is 1.90. The number of methoxy groups -OCH3 is 1. The highest BCUT2D eigenvalue weighted by atomic mass is 35.5. The SMILES string of the molecule is COC(=O)C1COCCN1Cc1ccc(Cl)c(F)c1. The van der Waals surface area contributed by atoms with Gasteiger partial charge in [0, 0.05) is 13.1 Å². The maximum absolute atomic E-state index is 13.4. The maximum Gasteiger partial charge on any atom is 0.325 e. The molecule has 0 spiro atoms. The van der Waals surface area contributed by atoms with E-state index in [-0.39, 0.29) is 11.0 Å². The number of ether oxygens (including phenoxy) is 2. The highest BCUT2D eigenvalue weighted by Gasteiger charge is 2.30. The topological polar surface area (TPSA) is 38.8 Å². The van der Waals surface area contributed by atoms with Crippen molar-refractivity contribution in [2.75, 3.05) is 26.9 Å². The number of morpholine rings is 1. The Kier molecular flexibility index (Phi) is 4.74. The Morgan fingerprint density at radius 3 is 3.11 bits per heavy atom. The molecule has 1 saturated heterocycles. The Hall–Kier alpha value is -1.17. The Labute approximate surface area is 116 Å². The normalized spacial score (nSPS) is 20.3. The second-order valence-electron chi connectivity index (χ2n) is 4.33. The monoisotopic (exact) mass is 287 g/mol. The summed E-state index contributed by atoms with van der Waals surface area (Å²) in [5, 5.41) is 0.0928. The first-order chi connectivity index (χ1) is 9.11. The molecule has 104 valence electrons. The van der Waals surface area contributed by atoms with Crippen LogP contribution in [0.15, 0.2) is 18.2 Å². The molecule has 1 atom stereocenters. The molecule has 1 aromatic carbocycles. The highest BCUT2D eigenvalue weighted by Crippen LogP contribution is 2.19. The third kappa shape index (κ3) is 3.43. The lowest BCUT2D eigenvalue weighted by molar-refractivity contribution is -0.153. The molecule has 1 heterocycles. The number of nitrogens with zero attached hydrogens (tertiary/aromatic N) is 1. The molecule has 1 aromatic rings. The number of rotatable bonds is 3. The first-order valence-corrected chi connectivity index (χ1v) is 6.33. The van der Waals surface area contributed by atoms with Crippen LogP contribution in [0.25, 0.3) is 0 Å². The van der Waals surface area contributed by atoms with E-state index in [2.05, 4.69) is 0 Å². The van der Waals surface area contributed by atoms with E-state index in [1.165, 1.54) is 19.2 Å². The molecule has 4 nitrogen and oxygen atoms in total. The summed E-state index contributed by atoms with van der Waals surface area (Å²) in [5.41, 5.74) is 0.762. The van der Waals surface area contributed by atoms with Crippen molar-refractivity contribution < 1.29 is 18.7 Å². The van der Waals surface area contributed by atoms with Crippen LogP contribution in [0.1, 0.15) is 5.56 Å². The molecular formula is C13H15ClFNO3. The fourth-order valence-corrected chi connectivity index (χ4v) is 2.17. The largest absolute Gasteiger partial charge is 0.468 e. The Morgan fingerprint density at radius 2 is 2.42 bits per heavy atom. The number of hydrogen-bond donors (Lipinski definition) is 0. The van der Waals surface area contributed by atoms with Gasteiger partial charge in [-0.1, -0.05) is 17.7 Å². The van der Waals surface area contributed by atoms with Crippen molar-refractivity contribution in [1.29, 1.82) is 0 Å². The predicted molar refractivity (Wildman–Crippen MR) is 68.4 cm³/mol. The molecule has 0 aromatic heterocycles. The zero-order valence-electron chi connectivity index (χ0n) is 10.6. The maximum atomic E-state index is 13.4. The van der Waals surface area contributed by atoms with Gasteiger partial charge in [-0.2, -0.15) is 0 Å². The molecule has 2 rings (SSSR count). The molecule has 0 amide bonds. The van der Waals surface area contributed by atoms with Crippen LogP contribution >= 0.6 is 11.6 Å². The van der Waals surface area contributed by atoms with Crippen molar-refractivity contribution in [3.8, 4) is 0 Å². The van der Waals surface area contributed by atoms with Gasteiger partial charge in [0.25, 0.3) is 0 Å². The molecule has 0 N–H and O–H groups in total. The summed E-state index contributed by atoms with van der Waals surface area (Å²) in [6.07, 6.45) is 0. The van der Waals surface area contributed by atoms with Gasteiger partial charge < -0.3 is 9.47 Å². The molecule has 6 heteroatoms. The number of esters is 1. The van der Waals surface area contributed by atoms with Crippen molar-refractivity contribution in [3.05, 3.63) is 34.6 Å². The molecule has 1 aliphatic rings. The van der Waals surface area contributed by atoms with Crippen molar-refractivity contribution >= 4 is 17.6 Å². The zero-order chi connectivity index (χ0) is 13.8. The van der Waals surface area contributed by atoms with Crippen LogP contribution in [0.5, 0.6) is 0 Å². The van der Waals surface area contributed by atoms with E-state index < -0.39 is 11.9 Å². The van der Waals surface area contributed by atoms with E-state index in [1.807, 2.05) is 4.90 Å². The molecule has 1 unspecified atom stereocenters. The molecule has 0 saturated carbocycles. The fraction of sp³-hybridized carbons (Fsp3) is 0.462. The van der Waals surface area contributed by atoms with E-state index in [1.54, 1.807) is 6.07 Å². The van der Waals surface area contributed by atoms with Crippen molar-refractivity contribution in [2.24, 2.45) is 0 Å². The summed E-state index contributed by atoms with van der Waals surface area (Å²) < 4.78 is 23.4. The lowest BCUT2D eigenvalue weighted by atomic mass is 10.1. The Morgan fingerprint density at radius 1 is 1.63 bits per heavy atom. The first-order valence-electron chi connectivity index (χ1n) is 5.95. The Balaban J connectivity index is 2.10. The summed E-state index contributed by atoms with van der Waals surface area (Å²) in [7, 11) is 1.34. The van der Waals surface area contributed by atoms with Gasteiger partial charge in [0.2, 0.25) is 0 Å². The van der Waals surface area contributed by atoms with Crippen molar-refractivity contribution in [2.45, 2.75) is 12.6 Å². The zero-order valence-corrected chi connectivity index (χ0v) is 11.3. The van der Waals surface area contributed by atoms with Crippen LogP contribution in [0.4, 0.5) is 4.39 Å². The first kappa shape index (κ1) is 14.2. The second-order valence-corrected chi connectivity index (χ2v) is 4.74. The smallest absolute Gasteiger partial charge is 0.325 e. The molecule has 0 bridgehead atoms. The second kappa shape index (κ2) is 6.32. The number of carbonyl (C=O) groups excluding carboxylic acids is 1. The van der Waals surface area contributed by atoms with E-state index in [0.29, 0.717) is 26.3 Å². The summed E-state index contributed by atoms with van der Waals surface area (Å²) in [5.74, 6) is -0.795. The lowest BCUT2D eigenvalue weighted by Gasteiger charge is -2.33. The van der Waals surface area contributed by atoms with E-state index in [9.17, 15) is 9.18 Å². The number of benzene rings is 1. The number of hydrogen-bond acceptors (Lipinski definition) is 4. The summed E-state index contributed by atoms with van der Waals surface area (Å²) >= 11 is 5.64. The van der Waals surface area contributed by atoms with Crippen LogP contribution in [0.2, 0.25) is 5.02 Å². The standard InChI is InChI=1S/C13H15ClFNO3/c1-18-13(17)12-8-19-5-4-16(12)7-9-2-3-10(14)11(15)6-9/h2-3,6,12H,4-5,7-8H2,1H3. The van der Waals surface area contributed by atoms with Gasteiger partial charge in [0.05, 0.1) is 25.3 Å². The average molecular weight is 288 g/mol. The van der Waals surface area contributed by atoms with Gasteiger partial charge in [0.1, 0.15) is 11.9 Å². The van der Waals surface area contributed by atoms with Crippen LogP contribution in [0.3, 0.4) is 0 Å². The minimum Gasteiger partial charge on any atom is -0.468 e. The van der Waals surface area contributed by atoms with Crippen LogP contribution < -0.4 is 0 Å². The van der Waals surface area contributed by atoms with E-state index in [4.69, 9.17) is 21.1 Å². The van der Waals surface area contributed by atoms with Crippen molar-refractivity contribution in [3.63, 3.8) is 0 Å². The quantitative estimate of drug-likeness (QED) is 0.796. The minimum atomic E-state index is -0.456. The van der Waals surface area contributed by atoms with Gasteiger partial charge in [-0.05, 0) is 17.7 Å². The highest BCUT2D eigenvalue weighted by molar-refractivity contribution is 6.30. The van der Waals surface area contributed by atoms with Gasteiger partial charge >= 0.3 is 5.97 Å². The van der Waals surface area contributed by atoms with Gasteiger partial charge in [-0.15, -0.1) is 0 Å².